The van der Waals surface area contributed by atoms with Gasteiger partial charge in [-0.2, -0.15) is 0 Å². The van der Waals surface area contributed by atoms with Gasteiger partial charge in [-0.25, -0.2) is 4.79 Å². The fourth-order valence-electron chi connectivity index (χ4n) is 2.13. The third-order valence-corrected chi connectivity index (χ3v) is 3.47. The molecule has 0 saturated carbocycles. The maximum atomic E-state index is 12.1. The number of anilines is 1. The predicted molar refractivity (Wildman–Crippen MR) is 91.4 cm³/mol. The molecule has 2 aromatic carbocycles. The lowest BCUT2D eigenvalue weighted by molar-refractivity contribution is 0.0472. The molecule has 0 radical (unpaired) electrons. The van der Waals surface area contributed by atoms with Crippen LogP contribution in [-0.2, 0) is 11.3 Å². The van der Waals surface area contributed by atoms with E-state index in [1.165, 1.54) is 0 Å². The number of rotatable bonds is 8. The van der Waals surface area contributed by atoms with Crippen LogP contribution in [0.3, 0.4) is 0 Å². The van der Waals surface area contributed by atoms with Crippen molar-refractivity contribution >= 4 is 11.7 Å². The van der Waals surface area contributed by atoms with Crippen LogP contribution in [0.5, 0.6) is 5.75 Å². The number of hydrogen-bond acceptors (Lipinski definition) is 4. The lowest BCUT2D eigenvalue weighted by atomic mass is 10.2. The molecule has 0 spiro atoms. The number of esters is 1. The average Bonchev–Trinajstić information content (AvgIpc) is 2.59. The minimum atomic E-state index is -0.382. The fourth-order valence-corrected chi connectivity index (χ4v) is 2.13. The Bertz CT molecular complexity index is 626. The maximum Gasteiger partial charge on any atom is 0.338 e. The maximum absolute atomic E-state index is 12.1. The molecule has 122 valence electrons. The molecule has 2 rings (SSSR count). The number of hydrogen-bond donors (Lipinski definition) is 1. The minimum Gasteiger partial charge on any atom is -0.491 e. The van der Waals surface area contributed by atoms with E-state index in [-0.39, 0.29) is 12.6 Å². The predicted octanol–water partition coefficient (Wildman–Crippen LogP) is 4.19. The van der Waals surface area contributed by atoms with E-state index < -0.39 is 0 Å². The third-order valence-electron chi connectivity index (χ3n) is 3.47. The first kappa shape index (κ1) is 16.9. The van der Waals surface area contributed by atoms with E-state index in [1.54, 1.807) is 18.2 Å². The second-order valence-corrected chi connectivity index (χ2v) is 5.37. The molecule has 0 aliphatic rings. The van der Waals surface area contributed by atoms with Crippen LogP contribution in [0, 0.1) is 0 Å². The largest absolute Gasteiger partial charge is 0.491 e. The first-order valence-corrected chi connectivity index (χ1v) is 7.94. The van der Waals surface area contributed by atoms with Gasteiger partial charge in [0.15, 0.2) is 0 Å². The summed E-state index contributed by atoms with van der Waals surface area (Å²) in [5, 5.41) is 0. The Morgan fingerprint density at radius 3 is 2.61 bits per heavy atom. The van der Waals surface area contributed by atoms with Crippen molar-refractivity contribution in [2.75, 3.05) is 12.3 Å². The van der Waals surface area contributed by atoms with E-state index in [0.29, 0.717) is 23.6 Å². The molecule has 4 nitrogen and oxygen atoms in total. The van der Waals surface area contributed by atoms with Gasteiger partial charge in [0.05, 0.1) is 17.9 Å². The number of carbonyl (C=O) groups excluding carboxylic acids is 1. The quantitative estimate of drug-likeness (QED) is 0.451. The molecule has 0 aromatic heterocycles. The minimum absolute atomic E-state index is 0.247. The summed E-state index contributed by atoms with van der Waals surface area (Å²) in [6.45, 7) is 2.98. The molecular weight excluding hydrogens is 290 g/mol. The van der Waals surface area contributed by atoms with Crippen molar-refractivity contribution in [3.05, 3.63) is 59.7 Å². The van der Waals surface area contributed by atoms with Gasteiger partial charge in [-0.15, -0.1) is 0 Å². The second-order valence-electron chi connectivity index (χ2n) is 5.37. The van der Waals surface area contributed by atoms with Crippen LogP contribution >= 0.6 is 0 Å². The summed E-state index contributed by atoms with van der Waals surface area (Å²) in [4.78, 5) is 12.1. The molecule has 0 saturated heterocycles. The van der Waals surface area contributed by atoms with Gasteiger partial charge < -0.3 is 15.2 Å². The van der Waals surface area contributed by atoms with Gasteiger partial charge in [0.2, 0.25) is 0 Å². The van der Waals surface area contributed by atoms with E-state index in [4.69, 9.17) is 15.2 Å². The van der Waals surface area contributed by atoms with Gasteiger partial charge in [-0.05, 0) is 30.2 Å². The number of unbranched alkanes of at least 4 members (excludes halogenated alkanes) is 2. The summed E-state index contributed by atoms with van der Waals surface area (Å²) in [5.41, 5.74) is 7.82. The van der Waals surface area contributed by atoms with Crippen molar-refractivity contribution in [2.24, 2.45) is 0 Å². The molecule has 0 amide bonds. The molecule has 0 aliphatic heterocycles. The Kier molecular flexibility index (Phi) is 6.48. The van der Waals surface area contributed by atoms with Crippen molar-refractivity contribution in [1.29, 1.82) is 0 Å². The molecule has 0 heterocycles. The van der Waals surface area contributed by atoms with Crippen molar-refractivity contribution in [3.8, 4) is 5.75 Å². The van der Waals surface area contributed by atoms with Gasteiger partial charge in [-0.1, -0.05) is 50.1 Å². The summed E-state index contributed by atoms with van der Waals surface area (Å²) in [6, 6.07) is 14.6. The topological polar surface area (TPSA) is 61.5 Å². The number of benzene rings is 2. The summed E-state index contributed by atoms with van der Waals surface area (Å²) < 4.78 is 11.0. The van der Waals surface area contributed by atoms with E-state index in [9.17, 15) is 4.79 Å². The fraction of sp³-hybridized carbons (Fsp3) is 0.316. The first-order chi connectivity index (χ1) is 11.2. The van der Waals surface area contributed by atoms with Gasteiger partial charge in [-0.3, -0.25) is 0 Å². The lowest BCUT2D eigenvalue weighted by Crippen LogP contribution is -2.07. The molecule has 4 heteroatoms. The van der Waals surface area contributed by atoms with Crippen molar-refractivity contribution in [3.63, 3.8) is 0 Å². The van der Waals surface area contributed by atoms with Gasteiger partial charge in [0, 0.05) is 0 Å². The third kappa shape index (κ3) is 5.33. The Morgan fingerprint density at radius 1 is 1.09 bits per heavy atom. The molecule has 23 heavy (non-hydrogen) atoms. The molecule has 0 fully saturated rings. The highest BCUT2D eigenvalue weighted by Crippen LogP contribution is 2.23. The number of ether oxygens (including phenoxy) is 2. The van der Waals surface area contributed by atoms with E-state index in [0.717, 1.165) is 24.8 Å². The van der Waals surface area contributed by atoms with E-state index >= 15 is 0 Å². The Hall–Kier alpha value is -2.49. The highest BCUT2D eigenvalue weighted by Gasteiger charge is 2.11. The van der Waals surface area contributed by atoms with Crippen LogP contribution in [-0.4, -0.2) is 12.6 Å². The Labute approximate surface area is 137 Å². The summed E-state index contributed by atoms with van der Waals surface area (Å²) in [6.07, 6.45) is 3.21. The molecule has 0 bridgehead atoms. The van der Waals surface area contributed by atoms with E-state index in [2.05, 4.69) is 6.92 Å². The van der Waals surface area contributed by atoms with Gasteiger partial charge in [0.25, 0.3) is 0 Å². The highest BCUT2D eigenvalue weighted by atomic mass is 16.5. The van der Waals surface area contributed by atoms with Crippen LogP contribution < -0.4 is 10.5 Å². The zero-order valence-electron chi connectivity index (χ0n) is 13.5. The molecular formula is C19H23NO3. The number of nitrogens with two attached hydrogens (primary N) is 1. The van der Waals surface area contributed by atoms with Crippen LogP contribution in [0.4, 0.5) is 5.69 Å². The average molecular weight is 313 g/mol. The van der Waals surface area contributed by atoms with Crippen molar-refractivity contribution in [1.82, 2.24) is 0 Å². The van der Waals surface area contributed by atoms with Crippen LogP contribution in [0.25, 0.3) is 0 Å². The van der Waals surface area contributed by atoms with E-state index in [1.807, 2.05) is 30.3 Å². The normalized spacial score (nSPS) is 10.3. The van der Waals surface area contributed by atoms with Gasteiger partial charge in [0.1, 0.15) is 12.4 Å². The standard InChI is InChI=1S/C19H23NO3/c1-2-3-7-12-22-18-13-16(10-11-17(18)20)19(21)23-14-15-8-5-4-6-9-15/h4-6,8-11,13H,2-3,7,12,14,20H2,1H3. The van der Waals surface area contributed by atoms with Crippen LogP contribution in [0.2, 0.25) is 0 Å². The number of carbonyl (C=O) groups is 1. The molecule has 0 atom stereocenters. The van der Waals surface area contributed by atoms with Crippen LogP contribution in [0.1, 0.15) is 42.1 Å². The zero-order valence-corrected chi connectivity index (χ0v) is 13.5. The smallest absolute Gasteiger partial charge is 0.338 e. The lowest BCUT2D eigenvalue weighted by Gasteiger charge is -2.11. The second kappa shape index (κ2) is 8.83. The zero-order chi connectivity index (χ0) is 16.5. The molecule has 0 unspecified atom stereocenters. The van der Waals surface area contributed by atoms with Crippen LogP contribution in [0.15, 0.2) is 48.5 Å². The summed E-state index contributed by atoms with van der Waals surface area (Å²) >= 11 is 0. The Balaban J connectivity index is 1.94. The number of nitrogen functional groups attached to an aromatic ring is 1. The van der Waals surface area contributed by atoms with Gasteiger partial charge >= 0.3 is 5.97 Å². The SMILES string of the molecule is CCCCCOc1cc(C(=O)OCc2ccccc2)ccc1N. The highest BCUT2D eigenvalue weighted by molar-refractivity contribution is 5.90. The molecule has 2 aromatic rings. The van der Waals surface area contributed by atoms with Crippen molar-refractivity contribution < 1.29 is 14.3 Å². The van der Waals surface area contributed by atoms with Crippen molar-refractivity contribution in [2.45, 2.75) is 32.8 Å². The molecule has 2 N–H and O–H groups in total. The summed E-state index contributed by atoms with van der Waals surface area (Å²) in [5.74, 6) is 0.155. The monoisotopic (exact) mass is 313 g/mol. The summed E-state index contributed by atoms with van der Waals surface area (Å²) in [7, 11) is 0. The first-order valence-electron chi connectivity index (χ1n) is 7.94. The Morgan fingerprint density at radius 2 is 1.87 bits per heavy atom. The molecule has 0 aliphatic carbocycles.